The Kier molecular flexibility index (Phi) is 5.77. The topological polar surface area (TPSA) is 109 Å². The van der Waals surface area contributed by atoms with Gasteiger partial charge in [-0.15, -0.1) is 0 Å². The number of nitriles is 1. The summed E-state index contributed by atoms with van der Waals surface area (Å²) in [7, 11) is 0. The molecule has 1 amide bonds. The molecule has 140 valence electrons. The first kappa shape index (κ1) is 18.8. The van der Waals surface area contributed by atoms with Gasteiger partial charge < -0.3 is 4.74 Å². The Hall–Kier alpha value is -3.99. The average Bonchev–Trinajstić information content (AvgIpc) is 2.73. The van der Waals surface area contributed by atoms with E-state index >= 15 is 0 Å². The third kappa shape index (κ3) is 4.04. The number of hydrazone groups is 1. The van der Waals surface area contributed by atoms with Crippen LogP contribution in [0.15, 0.2) is 58.4 Å². The summed E-state index contributed by atoms with van der Waals surface area (Å²) in [6, 6.07) is 15.6. The Balaban J connectivity index is 1.78. The highest BCUT2D eigenvalue weighted by molar-refractivity contribution is 6.04. The molecule has 0 saturated heterocycles. The monoisotopic (exact) mass is 375 g/mol. The zero-order chi connectivity index (χ0) is 19.9. The summed E-state index contributed by atoms with van der Waals surface area (Å²) in [5.41, 5.74) is 3.07. The fourth-order valence-electron chi connectivity index (χ4n) is 2.60. The van der Waals surface area contributed by atoms with E-state index in [4.69, 9.17) is 10.00 Å². The highest BCUT2D eigenvalue weighted by atomic mass is 16.5. The molecule has 0 unspecified atom stereocenters. The van der Waals surface area contributed by atoms with Crippen molar-refractivity contribution in [3.05, 3.63) is 70.1 Å². The van der Waals surface area contributed by atoms with E-state index in [2.05, 4.69) is 15.6 Å². The number of hydrogen-bond donors (Lipinski definition) is 1. The fourth-order valence-corrected chi connectivity index (χ4v) is 2.60. The number of amides is 1. The quantitative estimate of drug-likeness (QED) is 0.524. The molecule has 1 N–H and O–H groups in total. The first-order valence-corrected chi connectivity index (χ1v) is 8.57. The molecule has 0 aliphatic rings. The molecule has 8 nitrogen and oxygen atoms in total. The largest absolute Gasteiger partial charge is 0.479 e. The zero-order valence-corrected chi connectivity index (χ0v) is 15.1. The van der Waals surface area contributed by atoms with Crippen molar-refractivity contribution in [2.24, 2.45) is 5.10 Å². The summed E-state index contributed by atoms with van der Waals surface area (Å²) in [6.07, 6.45) is 1.48. The predicted molar refractivity (Wildman–Crippen MR) is 104 cm³/mol. The van der Waals surface area contributed by atoms with E-state index < -0.39 is 5.91 Å². The number of benzene rings is 2. The first-order valence-electron chi connectivity index (χ1n) is 8.57. The van der Waals surface area contributed by atoms with Gasteiger partial charge in [-0.2, -0.15) is 15.5 Å². The number of rotatable bonds is 6. The summed E-state index contributed by atoms with van der Waals surface area (Å²) in [5, 5.41) is 17.5. The molecule has 28 heavy (non-hydrogen) atoms. The van der Waals surface area contributed by atoms with Crippen LogP contribution in [0.4, 0.5) is 0 Å². The molecule has 0 spiro atoms. The molecule has 2 aromatic carbocycles. The minimum Gasteiger partial charge on any atom is -0.479 e. The van der Waals surface area contributed by atoms with E-state index in [-0.39, 0.29) is 17.9 Å². The molecule has 8 heteroatoms. The van der Waals surface area contributed by atoms with E-state index in [1.165, 1.54) is 10.9 Å². The average molecular weight is 375 g/mol. The maximum absolute atomic E-state index is 12.5. The molecule has 0 bridgehead atoms. The van der Waals surface area contributed by atoms with Crippen LogP contribution in [0.5, 0.6) is 5.75 Å². The molecule has 0 fully saturated rings. The predicted octanol–water partition coefficient (Wildman–Crippen LogP) is 2.08. The number of nitrogens with one attached hydrogen (secondary N) is 1. The molecule has 0 atom stereocenters. The Morgan fingerprint density at radius 2 is 1.96 bits per heavy atom. The molecule has 1 aromatic heterocycles. The van der Waals surface area contributed by atoms with Crippen molar-refractivity contribution >= 4 is 22.9 Å². The number of ether oxygens (including phenoxy) is 1. The van der Waals surface area contributed by atoms with Gasteiger partial charge in [-0.25, -0.2) is 10.1 Å². The Bertz CT molecular complexity index is 1130. The third-order valence-corrected chi connectivity index (χ3v) is 3.95. The van der Waals surface area contributed by atoms with Crippen LogP contribution in [0.25, 0.3) is 10.8 Å². The second-order valence-corrected chi connectivity index (χ2v) is 5.73. The maximum Gasteiger partial charge on any atom is 0.292 e. The summed E-state index contributed by atoms with van der Waals surface area (Å²) in [4.78, 5) is 24.9. The highest BCUT2D eigenvalue weighted by Crippen LogP contribution is 2.13. The zero-order valence-electron chi connectivity index (χ0n) is 15.1. The lowest BCUT2D eigenvalue weighted by molar-refractivity contribution is 0.0949. The number of hydrogen-bond acceptors (Lipinski definition) is 6. The van der Waals surface area contributed by atoms with Crippen LogP contribution >= 0.6 is 0 Å². The van der Waals surface area contributed by atoms with Gasteiger partial charge >= 0.3 is 0 Å². The van der Waals surface area contributed by atoms with E-state index in [0.717, 1.165) is 5.56 Å². The number of carbonyl (C=O) groups is 1. The highest BCUT2D eigenvalue weighted by Gasteiger charge is 2.15. The lowest BCUT2D eigenvalue weighted by Gasteiger charge is -2.08. The number of fused-ring (bicyclic) bond motifs is 1. The van der Waals surface area contributed by atoms with Gasteiger partial charge in [0.1, 0.15) is 11.8 Å². The van der Waals surface area contributed by atoms with Crippen molar-refractivity contribution < 1.29 is 9.53 Å². The molecule has 3 aromatic rings. The fraction of sp³-hybridized carbons (Fsp3) is 0.150. The first-order chi connectivity index (χ1) is 13.6. The molecule has 0 aliphatic carbocycles. The van der Waals surface area contributed by atoms with Crippen molar-refractivity contribution in [2.45, 2.75) is 13.5 Å². The second kappa shape index (κ2) is 8.60. The van der Waals surface area contributed by atoms with Gasteiger partial charge in [0.2, 0.25) is 0 Å². The summed E-state index contributed by atoms with van der Waals surface area (Å²) in [6.45, 7) is 2.12. The lowest BCUT2D eigenvalue weighted by Crippen LogP contribution is -2.28. The van der Waals surface area contributed by atoms with E-state index in [1.54, 1.807) is 55.5 Å². The minimum absolute atomic E-state index is 0.0235. The SMILES string of the molecule is CCn1nc(C(=O)N/N=C\c2ccc(OCC#N)cc2)c2ccccc2c1=O. The van der Waals surface area contributed by atoms with Gasteiger partial charge in [-0.1, -0.05) is 18.2 Å². The van der Waals surface area contributed by atoms with Crippen LogP contribution < -0.4 is 15.7 Å². The molecule has 0 aliphatic heterocycles. The third-order valence-electron chi connectivity index (χ3n) is 3.95. The lowest BCUT2D eigenvalue weighted by atomic mass is 10.1. The number of nitrogens with zero attached hydrogens (tertiary/aromatic N) is 4. The molecule has 1 heterocycles. The van der Waals surface area contributed by atoms with Crippen molar-refractivity contribution in [1.29, 1.82) is 5.26 Å². The van der Waals surface area contributed by atoms with Gasteiger partial charge in [0.15, 0.2) is 12.3 Å². The van der Waals surface area contributed by atoms with Crippen LogP contribution in [0.1, 0.15) is 23.0 Å². The Morgan fingerprint density at radius 1 is 1.25 bits per heavy atom. The molecule has 0 radical (unpaired) electrons. The van der Waals surface area contributed by atoms with Crippen LogP contribution in [0, 0.1) is 11.3 Å². The molecular weight excluding hydrogens is 358 g/mol. The van der Waals surface area contributed by atoms with Gasteiger partial charge in [-0.3, -0.25) is 9.59 Å². The van der Waals surface area contributed by atoms with Gasteiger partial charge in [0.25, 0.3) is 11.5 Å². The van der Waals surface area contributed by atoms with Crippen LogP contribution in [0.3, 0.4) is 0 Å². The number of carbonyl (C=O) groups excluding carboxylic acids is 1. The van der Waals surface area contributed by atoms with E-state index in [0.29, 0.717) is 23.1 Å². The minimum atomic E-state index is -0.511. The van der Waals surface area contributed by atoms with Crippen molar-refractivity contribution in [3.63, 3.8) is 0 Å². The van der Waals surface area contributed by atoms with Crippen LogP contribution in [-0.4, -0.2) is 28.5 Å². The number of aryl methyl sites for hydroxylation is 1. The normalized spacial score (nSPS) is 10.7. The Morgan fingerprint density at radius 3 is 2.64 bits per heavy atom. The summed E-state index contributed by atoms with van der Waals surface area (Å²) < 4.78 is 6.42. The maximum atomic E-state index is 12.5. The van der Waals surface area contributed by atoms with Gasteiger partial charge in [-0.05, 0) is 42.8 Å². The number of aromatic nitrogens is 2. The Labute approximate surface area is 160 Å². The van der Waals surface area contributed by atoms with Crippen molar-refractivity contribution in [1.82, 2.24) is 15.2 Å². The van der Waals surface area contributed by atoms with Crippen LogP contribution in [-0.2, 0) is 6.54 Å². The smallest absolute Gasteiger partial charge is 0.292 e. The van der Waals surface area contributed by atoms with Crippen molar-refractivity contribution in [3.8, 4) is 11.8 Å². The summed E-state index contributed by atoms with van der Waals surface area (Å²) in [5.74, 6) is 0.0591. The summed E-state index contributed by atoms with van der Waals surface area (Å²) >= 11 is 0. The van der Waals surface area contributed by atoms with Gasteiger partial charge in [0, 0.05) is 11.9 Å². The van der Waals surface area contributed by atoms with E-state index in [1.807, 2.05) is 6.07 Å². The standard InChI is InChI=1S/C20H17N5O3/c1-2-25-20(27)17-6-4-3-5-16(17)18(24-25)19(26)23-22-13-14-7-9-15(10-8-14)28-12-11-21/h3-10,13H,2,12H2,1H3,(H,23,26)/b22-13-. The molecule has 3 rings (SSSR count). The van der Waals surface area contributed by atoms with Gasteiger partial charge in [0.05, 0.1) is 11.6 Å². The van der Waals surface area contributed by atoms with Crippen LogP contribution in [0.2, 0.25) is 0 Å². The van der Waals surface area contributed by atoms with Crippen molar-refractivity contribution in [2.75, 3.05) is 6.61 Å². The second-order valence-electron chi connectivity index (χ2n) is 5.73. The molecular formula is C20H17N5O3. The molecule has 0 saturated carbocycles. The van der Waals surface area contributed by atoms with E-state index in [9.17, 15) is 9.59 Å².